The average Bonchev–Trinajstić information content (AvgIpc) is 2.29. The van der Waals surface area contributed by atoms with Gasteiger partial charge in [-0.25, -0.2) is 0 Å². The fourth-order valence-corrected chi connectivity index (χ4v) is 1.12. The summed E-state index contributed by atoms with van der Waals surface area (Å²) >= 11 is 0. The van der Waals surface area contributed by atoms with E-state index in [1.54, 1.807) is 0 Å². The summed E-state index contributed by atoms with van der Waals surface area (Å²) in [6.07, 6.45) is 2.85. The van der Waals surface area contributed by atoms with Gasteiger partial charge >= 0.3 is 0 Å². The average molecular weight is 163 g/mol. The molecular formula is C9H9NO2. The number of Topliss-reactive ketones (excluding diaryl/α,β-unsaturated/α-hetero) is 1. The topological polar surface area (TPSA) is 37.4 Å². The van der Waals surface area contributed by atoms with Crippen molar-refractivity contribution in [2.75, 3.05) is 7.05 Å². The molecule has 0 aromatic heterocycles. The van der Waals surface area contributed by atoms with Crippen LogP contribution in [0.25, 0.3) is 0 Å². The lowest BCUT2D eigenvalue weighted by atomic mass is 10.1. The van der Waals surface area contributed by atoms with Gasteiger partial charge in [0, 0.05) is 7.05 Å². The highest BCUT2D eigenvalue weighted by atomic mass is 16.2. The first-order valence-corrected chi connectivity index (χ1v) is 3.45. The SMILES string of the molecule is C=CC1=C(C=C)N(C)C(=O)C1=O. The minimum Gasteiger partial charge on any atom is -0.308 e. The first-order valence-electron chi connectivity index (χ1n) is 3.45. The minimum absolute atomic E-state index is 0.331. The highest BCUT2D eigenvalue weighted by molar-refractivity contribution is 6.46. The number of allylic oxidation sites excluding steroid dienone is 2. The zero-order valence-corrected chi connectivity index (χ0v) is 6.83. The van der Waals surface area contributed by atoms with Crippen molar-refractivity contribution in [2.24, 2.45) is 0 Å². The number of rotatable bonds is 2. The normalized spacial score (nSPS) is 17.2. The maximum atomic E-state index is 11.1. The van der Waals surface area contributed by atoms with Gasteiger partial charge in [-0.1, -0.05) is 19.2 Å². The number of hydrogen-bond donors (Lipinski definition) is 0. The highest BCUT2D eigenvalue weighted by Gasteiger charge is 2.32. The predicted octanol–water partition coefficient (Wildman–Crippen LogP) is 0.654. The summed E-state index contributed by atoms with van der Waals surface area (Å²) in [5.74, 6) is -1.04. The van der Waals surface area contributed by atoms with Gasteiger partial charge in [0.2, 0.25) is 0 Å². The molecule has 12 heavy (non-hydrogen) atoms. The fraction of sp³-hybridized carbons (Fsp3) is 0.111. The monoisotopic (exact) mass is 163 g/mol. The first-order chi connectivity index (χ1) is 5.63. The van der Waals surface area contributed by atoms with Gasteiger partial charge in [-0.3, -0.25) is 9.59 Å². The van der Waals surface area contributed by atoms with Crippen LogP contribution in [0.3, 0.4) is 0 Å². The Hall–Kier alpha value is -1.64. The molecule has 1 heterocycles. The Morgan fingerprint density at radius 3 is 2.17 bits per heavy atom. The molecule has 62 valence electrons. The summed E-state index contributed by atoms with van der Waals surface area (Å²) in [7, 11) is 1.54. The van der Waals surface area contributed by atoms with E-state index in [2.05, 4.69) is 13.2 Å². The molecule has 0 unspecified atom stereocenters. The van der Waals surface area contributed by atoms with Gasteiger partial charge in [0.25, 0.3) is 11.7 Å². The molecule has 0 atom stereocenters. The number of likely N-dealkylation sites (N-methyl/N-ethyl adjacent to an activating group) is 1. The van der Waals surface area contributed by atoms with Crippen molar-refractivity contribution in [3.8, 4) is 0 Å². The lowest BCUT2D eigenvalue weighted by Gasteiger charge is -2.08. The van der Waals surface area contributed by atoms with Crippen molar-refractivity contribution in [1.29, 1.82) is 0 Å². The second kappa shape index (κ2) is 2.77. The summed E-state index contributed by atoms with van der Waals surface area (Å²) in [5, 5.41) is 0. The van der Waals surface area contributed by atoms with Gasteiger partial charge in [-0.2, -0.15) is 0 Å². The molecule has 0 saturated heterocycles. The molecular weight excluding hydrogens is 154 g/mol. The van der Waals surface area contributed by atoms with Crippen LogP contribution in [0.1, 0.15) is 0 Å². The fourth-order valence-electron chi connectivity index (χ4n) is 1.12. The molecule has 1 aliphatic rings. The lowest BCUT2D eigenvalue weighted by Crippen LogP contribution is -2.23. The van der Waals surface area contributed by atoms with Crippen LogP contribution in [-0.2, 0) is 9.59 Å². The van der Waals surface area contributed by atoms with Crippen LogP contribution in [0.5, 0.6) is 0 Å². The van der Waals surface area contributed by atoms with E-state index in [0.717, 1.165) is 0 Å². The quantitative estimate of drug-likeness (QED) is 0.560. The third-order valence-corrected chi connectivity index (χ3v) is 1.78. The molecule has 0 radical (unpaired) electrons. The van der Waals surface area contributed by atoms with Crippen LogP contribution < -0.4 is 0 Å². The first kappa shape index (κ1) is 8.46. The van der Waals surface area contributed by atoms with E-state index in [4.69, 9.17) is 0 Å². The number of carbonyl (C=O) groups is 2. The zero-order chi connectivity index (χ0) is 9.30. The molecule has 1 rings (SSSR count). The van der Waals surface area contributed by atoms with Crippen molar-refractivity contribution in [2.45, 2.75) is 0 Å². The molecule has 1 amide bonds. The van der Waals surface area contributed by atoms with Crippen LogP contribution in [-0.4, -0.2) is 23.6 Å². The van der Waals surface area contributed by atoms with Crippen molar-refractivity contribution >= 4 is 11.7 Å². The van der Waals surface area contributed by atoms with Crippen LogP contribution in [0.2, 0.25) is 0 Å². The number of nitrogens with zero attached hydrogens (tertiary/aromatic N) is 1. The Morgan fingerprint density at radius 1 is 1.25 bits per heavy atom. The van der Waals surface area contributed by atoms with Gasteiger partial charge in [-0.05, 0) is 6.08 Å². The van der Waals surface area contributed by atoms with Crippen LogP contribution in [0.4, 0.5) is 0 Å². The van der Waals surface area contributed by atoms with Crippen molar-refractivity contribution in [3.05, 3.63) is 36.6 Å². The number of carbonyl (C=O) groups excluding carboxylic acids is 2. The summed E-state index contributed by atoms with van der Waals surface area (Å²) in [5.41, 5.74) is 0.859. The summed E-state index contributed by atoms with van der Waals surface area (Å²) in [6.45, 7) is 6.96. The van der Waals surface area contributed by atoms with E-state index in [0.29, 0.717) is 11.3 Å². The van der Waals surface area contributed by atoms with E-state index >= 15 is 0 Å². The van der Waals surface area contributed by atoms with Crippen LogP contribution in [0.15, 0.2) is 36.6 Å². The van der Waals surface area contributed by atoms with Gasteiger partial charge in [0.1, 0.15) is 0 Å². The van der Waals surface area contributed by atoms with E-state index in [9.17, 15) is 9.59 Å². The summed E-state index contributed by atoms with van der Waals surface area (Å²) in [6, 6.07) is 0. The molecule has 3 nitrogen and oxygen atoms in total. The Balaban J connectivity index is 3.27. The second-order valence-electron chi connectivity index (χ2n) is 2.40. The second-order valence-corrected chi connectivity index (χ2v) is 2.40. The predicted molar refractivity (Wildman–Crippen MR) is 45.2 cm³/mol. The molecule has 0 N–H and O–H groups in total. The molecule has 0 aliphatic carbocycles. The lowest BCUT2D eigenvalue weighted by molar-refractivity contribution is -0.138. The maximum absolute atomic E-state index is 11.1. The molecule has 0 bridgehead atoms. The molecule has 0 aromatic carbocycles. The largest absolute Gasteiger partial charge is 0.308 e. The minimum atomic E-state index is -0.528. The number of ketones is 1. The molecule has 0 saturated carbocycles. The van der Waals surface area contributed by atoms with Crippen molar-refractivity contribution in [3.63, 3.8) is 0 Å². The van der Waals surface area contributed by atoms with E-state index in [-0.39, 0.29) is 0 Å². The van der Waals surface area contributed by atoms with Crippen molar-refractivity contribution in [1.82, 2.24) is 4.90 Å². The molecule has 3 heteroatoms. The molecule has 1 aliphatic heterocycles. The molecule has 0 spiro atoms. The highest BCUT2D eigenvalue weighted by Crippen LogP contribution is 2.20. The third-order valence-electron chi connectivity index (χ3n) is 1.78. The summed E-state index contributed by atoms with van der Waals surface area (Å²) in [4.78, 5) is 23.5. The Labute approximate surface area is 70.7 Å². The Bertz CT molecular complexity index is 312. The van der Waals surface area contributed by atoms with Gasteiger partial charge in [0.15, 0.2) is 0 Å². The summed E-state index contributed by atoms with van der Waals surface area (Å²) < 4.78 is 0. The van der Waals surface area contributed by atoms with Gasteiger partial charge < -0.3 is 4.90 Å². The van der Waals surface area contributed by atoms with Gasteiger partial charge in [0.05, 0.1) is 11.3 Å². The Kier molecular flexibility index (Phi) is 1.95. The number of amides is 1. The Morgan fingerprint density at radius 2 is 1.83 bits per heavy atom. The van der Waals surface area contributed by atoms with E-state index in [1.165, 1.54) is 24.1 Å². The zero-order valence-electron chi connectivity index (χ0n) is 6.83. The number of hydrogen-bond acceptors (Lipinski definition) is 2. The van der Waals surface area contributed by atoms with Crippen LogP contribution >= 0.6 is 0 Å². The maximum Gasteiger partial charge on any atom is 0.299 e. The van der Waals surface area contributed by atoms with Crippen molar-refractivity contribution < 1.29 is 9.59 Å². The standard InChI is InChI=1S/C9H9NO2/c1-4-6-7(5-2)10(3)9(12)8(6)11/h4-5H,1-2H2,3H3. The van der Waals surface area contributed by atoms with E-state index in [1.807, 2.05) is 0 Å². The molecule has 0 fully saturated rings. The van der Waals surface area contributed by atoms with Gasteiger partial charge in [-0.15, -0.1) is 0 Å². The molecule has 0 aromatic rings. The van der Waals surface area contributed by atoms with E-state index < -0.39 is 11.7 Å². The smallest absolute Gasteiger partial charge is 0.299 e. The third kappa shape index (κ3) is 0.906. The van der Waals surface area contributed by atoms with Crippen LogP contribution in [0, 0.1) is 0 Å².